The zero-order valence-electron chi connectivity index (χ0n) is 7.77. The molecule has 0 radical (unpaired) electrons. The largest absolute Gasteiger partial charge is 0.463 e. The maximum Gasteiger partial charge on any atom is 0.121 e. The van der Waals surface area contributed by atoms with E-state index in [0.29, 0.717) is 5.92 Å². The highest BCUT2D eigenvalue weighted by Gasteiger charge is 2.25. The van der Waals surface area contributed by atoms with Crippen molar-refractivity contribution in [3.63, 3.8) is 0 Å². The van der Waals surface area contributed by atoms with E-state index in [1.54, 1.807) is 0 Å². The molecule has 2 rings (SSSR count). The summed E-state index contributed by atoms with van der Waals surface area (Å²) in [6.45, 7) is 0.811. The molecule has 1 fully saturated rings. The monoisotopic (exact) mass is 243 g/mol. The van der Waals surface area contributed by atoms with Gasteiger partial charge in [-0.1, -0.05) is 6.42 Å². The molecule has 0 bridgehead atoms. The summed E-state index contributed by atoms with van der Waals surface area (Å²) in [5.41, 5.74) is 0. The van der Waals surface area contributed by atoms with Crippen molar-refractivity contribution < 1.29 is 4.42 Å². The number of nitrogens with one attached hydrogen (secondary N) is 1. The molecule has 0 aliphatic heterocycles. The van der Waals surface area contributed by atoms with Crippen LogP contribution in [-0.4, -0.2) is 7.05 Å². The van der Waals surface area contributed by atoms with Crippen LogP contribution in [0, 0.1) is 0 Å². The van der Waals surface area contributed by atoms with Crippen molar-refractivity contribution in [2.45, 2.75) is 31.7 Å². The van der Waals surface area contributed by atoms with E-state index in [-0.39, 0.29) is 0 Å². The van der Waals surface area contributed by atoms with E-state index >= 15 is 0 Å². The zero-order chi connectivity index (χ0) is 9.26. The molecular formula is C10H14BrNO. The van der Waals surface area contributed by atoms with Crippen LogP contribution in [-0.2, 0) is 6.54 Å². The third kappa shape index (κ3) is 1.81. The second kappa shape index (κ2) is 3.84. The van der Waals surface area contributed by atoms with Gasteiger partial charge in [0.2, 0.25) is 0 Å². The van der Waals surface area contributed by atoms with Crippen LogP contribution in [0.2, 0.25) is 0 Å². The number of hydrogen-bond donors (Lipinski definition) is 1. The zero-order valence-corrected chi connectivity index (χ0v) is 9.36. The van der Waals surface area contributed by atoms with Crippen LogP contribution >= 0.6 is 15.9 Å². The van der Waals surface area contributed by atoms with E-state index in [1.165, 1.54) is 19.3 Å². The summed E-state index contributed by atoms with van der Waals surface area (Å²) < 4.78 is 6.89. The molecule has 13 heavy (non-hydrogen) atoms. The van der Waals surface area contributed by atoms with Gasteiger partial charge >= 0.3 is 0 Å². The van der Waals surface area contributed by atoms with Gasteiger partial charge in [0, 0.05) is 5.92 Å². The quantitative estimate of drug-likeness (QED) is 0.884. The number of hydrogen-bond acceptors (Lipinski definition) is 2. The van der Waals surface area contributed by atoms with Crippen molar-refractivity contribution in [2.75, 3.05) is 7.05 Å². The summed E-state index contributed by atoms with van der Waals surface area (Å²) in [6.07, 6.45) is 3.91. The fourth-order valence-electron chi connectivity index (χ4n) is 1.64. The van der Waals surface area contributed by atoms with Crippen LogP contribution in [0.4, 0.5) is 0 Å². The normalized spacial score (nSPS) is 17.4. The van der Waals surface area contributed by atoms with Crippen LogP contribution in [0.3, 0.4) is 0 Å². The predicted molar refractivity (Wildman–Crippen MR) is 55.8 cm³/mol. The summed E-state index contributed by atoms with van der Waals surface area (Å²) >= 11 is 3.54. The molecule has 72 valence electrons. The Hall–Kier alpha value is -0.280. The van der Waals surface area contributed by atoms with E-state index in [1.807, 2.05) is 7.05 Å². The van der Waals surface area contributed by atoms with Crippen molar-refractivity contribution >= 4 is 15.9 Å². The molecule has 0 saturated heterocycles. The molecule has 1 N–H and O–H groups in total. The van der Waals surface area contributed by atoms with Gasteiger partial charge in [0.25, 0.3) is 0 Å². The molecule has 1 aliphatic rings. The van der Waals surface area contributed by atoms with E-state index in [0.717, 1.165) is 22.5 Å². The number of rotatable bonds is 3. The average Bonchev–Trinajstić information content (AvgIpc) is 2.30. The molecule has 1 aromatic rings. The van der Waals surface area contributed by atoms with Crippen LogP contribution < -0.4 is 5.32 Å². The molecule has 0 unspecified atom stereocenters. The highest BCUT2D eigenvalue weighted by molar-refractivity contribution is 9.10. The molecule has 1 saturated carbocycles. The van der Waals surface area contributed by atoms with Crippen LogP contribution in [0.5, 0.6) is 0 Å². The number of halogens is 1. The third-order valence-electron chi connectivity index (χ3n) is 2.59. The van der Waals surface area contributed by atoms with E-state index in [4.69, 9.17) is 4.42 Å². The standard InChI is InChI=1S/C10H14BrNO/c1-12-6-8-5-9(11)10(13-8)7-3-2-4-7/h5,7,12H,2-4,6H2,1H3. The molecule has 0 atom stereocenters. The lowest BCUT2D eigenvalue weighted by atomic mass is 9.84. The summed E-state index contributed by atoms with van der Waals surface area (Å²) in [4.78, 5) is 0. The van der Waals surface area contributed by atoms with Crippen molar-refractivity contribution in [3.05, 3.63) is 22.1 Å². The Balaban J connectivity index is 2.15. The van der Waals surface area contributed by atoms with Crippen molar-refractivity contribution in [2.24, 2.45) is 0 Å². The highest BCUT2D eigenvalue weighted by atomic mass is 79.9. The minimum atomic E-state index is 0.667. The first kappa shape index (κ1) is 9.28. The molecule has 0 aromatic carbocycles. The predicted octanol–water partition coefficient (Wildman–Crippen LogP) is 3.03. The van der Waals surface area contributed by atoms with Gasteiger partial charge in [0.1, 0.15) is 11.5 Å². The fraction of sp³-hybridized carbons (Fsp3) is 0.600. The Kier molecular flexibility index (Phi) is 2.74. The maximum atomic E-state index is 5.75. The SMILES string of the molecule is CNCc1cc(Br)c(C2CCC2)o1. The third-order valence-corrected chi connectivity index (χ3v) is 3.21. The summed E-state index contributed by atoms with van der Waals surface area (Å²) in [5, 5.41) is 3.08. The topological polar surface area (TPSA) is 25.2 Å². The van der Waals surface area contributed by atoms with Crippen LogP contribution in [0.25, 0.3) is 0 Å². The Morgan fingerprint density at radius 3 is 2.92 bits per heavy atom. The lowest BCUT2D eigenvalue weighted by Crippen LogP contribution is -2.08. The van der Waals surface area contributed by atoms with Gasteiger partial charge in [0.15, 0.2) is 0 Å². The molecule has 1 heterocycles. The minimum absolute atomic E-state index is 0.667. The summed E-state index contributed by atoms with van der Waals surface area (Å²) in [5.74, 6) is 2.84. The first-order valence-corrected chi connectivity index (χ1v) is 5.53. The van der Waals surface area contributed by atoms with Crippen LogP contribution in [0.1, 0.15) is 36.7 Å². The Bertz CT molecular complexity index is 291. The van der Waals surface area contributed by atoms with Gasteiger partial charge in [-0.05, 0) is 41.9 Å². The summed E-state index contributed by atoms with van der Waals surface area (Å²) in [6, 6.07) is 2.07. The lowest BCUT2D eigenvalue weighted by molar-refractivity contribution is 0.332. The molecule has 0 amide bonds. The second-order valence-electron chi connectivity index (χ2n) is 3.58. The Morgan fingerprint density at radius 2 is 2.38 bits per heavy atom. The van der Waals surface area contributed by atoms with Crippen LogP contribution in [0.15, 0.2) is 15.0 Å². The highest BCUT2D eigenvalue weighted by Crippen LogP contribution is 2.41. The van der Waals surface area contributed by atoms with Gasteiger partial charge in [-0.3, -0.25) is 0 Å². The summed E-state index contributed by atoms with van der Waals surface area (Å²) in [7, 11) is 1.93. The number of furan rings is 1. The molecule has 1 aromatic heterocycles. The van der Waals surface area contributed by atoms with Gasteiger partial charge in [-0.25, -0.2) is 0 Å². The second-order valence-corrected chi connectivity index (χ2v) is 4.44. The van der Waals surface area contributed by atoms with E-state index in [2.05, 4.69) is 27.3 Å². The fourth-order valence-corrected chi connectivity index (χ4v) is 2.30. The van der Waals surface area contributed by atoms with E-state index < -0.39 is 0 Å². The van der Waals surface area contributed by atoms with Crippen molar-refractivity contribution in [1.82, 2.24) is 5.32 Å². The minimum Gasteiger partial charge on any atom is -0.463 e. The molecule has 3 heteroatoms. The van der Waals surface area contributed by atoms with E-state index in [9.17, 15) is 0 Å². The average molecular weight is 244 g/mol. The maximum absolute atomic E-state index is 5.75. The molecule has 2 nitrogen and oxygen atoms in total. The molecule has 0 spiro atoms. The smallest absolute Gasteiger partial charge is 0.121 e. The molecule has 1 aliphatic carbocycles. The van der Waals surface area contributed by atoms with Gasteiger partial charge in [-0.2, -0.15) is 0 Å². The first-order valence-electron chi connectivity index (χ1n) is 4.74. The van der Waals surface area contributed by atoms with Gasteiger partial charge < -0.3 is 9.73 Å². The van der Waals surface area contributed by atoms with Gasteiger partial charge in [-0.15, -0.1) is 0 Å². The van der Waals surface area contributed by atoms with Gasteiger partial charge in [0.05, 0.1) is 11.0 Å². The van der Waals surface area contributed by atoms with Crippen molar-refractivity contribution in [3.8, 4) is 0 Å². The molecular weight excluding hydrogens is 230 g/mol. The lowest BCUT2D eigenvalue weighted by Gasteiger charge is -2.23. The Labute approximate surface area is 86.8 Å². The first-order chi connectivity index (χ1) is 6.31. The van der Waals surface area contributed by atoms with Crippen molar-refractivity contribution in [1.29, 1.82) is 0 Å². The Morgan fingerprint density at radius 1 is 1.62 bits per heavy atom.